The van der Waals surface area contributed by atoms with Crippen LogP contribution in [-0.2, 0) is 0 Å². The van der Waals surface area contributed by atoms with Crippen molar-refractivity contribution in [3.8, 4) is 11.4 Å². The number of nitrogens with zero attached hydrogens (tertiary/aromatic N) is 2. The summed E-state index contributed by atoms with van der Waals surface area (Å²) in [5.74, 6) is 2.68. The quantitative estimate of drug-likeness (QED) is 0.581. The van der Waals surface area contributed by atoms with E-state index in [-0.39, 0.29) is 0 Å². The van der Waals surface area contributed by atoms with Crippen LogP contribution in [0.25, 0.3) is 33.5 Å². The van der Waals surface area contributed by atoms with Gasteiger partial charge in [-0.15, -0.1) is 0 Å². The number of aromatic nitrogens is 4. The summed E-state index contributed by atoms with van der Waals surface area (Å²) in [5.41, 5.74) is 5.28. The molecule has 21 heavy (non-hydrogen) atoms. The molecule has 2 heterocycles. The molecule has 0 spiro atoms. The summed E-state index contributed by atoms with van der Waals surface area (Å²) in [5, 5.41) is 0. The smallest absolute Gasteiger partial charge is 0.138 e. The van der Waals surface area contributed by atoms with Gasteiger partial charge in [0.05, 0.1) is 22.1 Å². The molecule has 0 atom stereocenters. The van der Waals surface area contributed by atoms with Crippen LogP contribution in [0.5, 0.6) is 0 Å². The molecule has 0 radical (unpaired) electrons. The second kappa shape index (κ2) is 3.95. The highest BCUT2D eigenvalue weighted by Gasteiger charge is 2.26. The minimum absolute atomic E-state index is 0.645. The van der Waals surface area contributed by atoms with Crippen molar-refractivity contribution in [1.82, 2.24) is 19.9 Å². The van der Waals surface area contributed by atoms with E-state index >= 15 is 0 Å². The maximum Gasteiger partial charge on any atom is 0.138 e. The Kier molecular flexibility index (Phi) is 2.08. The number of nitrogens with one attached hydrogen (secondary N) is 2. The minimum Gasteiger partial charge on any atom is -0.342 e. The van der Waals surface area contributed by atoms with E-state index in [1.165, 1.54) is 12.8 Å². The average molecular weight is 274 g/mol. The summed E-state index contributed by atoms with van der Waals surface area (Å²) in [7, 11) is 0. The van der Waals surface area contributed by atoms with Crippen molar-refractivity contribution in [3.05, 3.63) is 48.3 Å². The Hall–Kier alpha value is -2.62. The molecule has 2 N–H and O–H groups in total. The maximum atomic E-state index is 4.67. The summed E-state index contributed by atoms with van der Waals surface area (Å²) in [4.78, 5) is 16.1. The zero-order valence-corrected chi connectivity index (χ0v) is 11.4. The number of rotatable bonds is 2. The lowest BCUT2D eigenvalue weighted by atomic mass is 10.2. The van der Waals surface area contributed by atoms with E-state index in [1.54, 1.807) is 0 Å². The van der Waals surface area contributed by atoms with Gasteiger partial charge in [-0.05, 0) is 43.2 Å². The van der Waals surface area contributed by atoms with Crippen molar-refractivity contribution in [2.24, 2.45) is 0 Å². The molecule has 4 aromatic rings. The Bertz CT molecular complexity index is 926. The second-order valence-electron chi connectivity index (χ2n) is 5.73. The maximum absolute atomic E-state index is 4.67. The minimum atomic E-state index is 0.645. The molecule has 0 saturated heterocycles. The molecule has 0 amide bonds. The van der Waals surface area contributed by atoms with E-state index in [0.717, 1.165) is 39.3 Å². The number of imidazole rings is 2. The third-order valence-electron chi connectivity index (χ3n) is 4.13. The van der Waals surface area contributed by atoms with Crippen LogP contribution in [0.3, 0.4) is 0 Å². The van der Waals surface area contributed by atoms with Gasteiger partial charge < -0.3 is 9.97 Å². The number of fused-ring (bicyclic) bond motifs is 2. The molecule has 0 aliphatic heterocycles. The highest BCUT2D eigenvalue weighted by Crippen LogP contribution is 2.39. The normalized spacial score (nSPS) is 15.0. The topological polar surface area (TPSA) is 57.4 Å². The van der Waals surface area contributed by atoms with Crippen LogP contribution in [-0.4, -0.2) is 19.9 Å². The predicted octanol–water partition coefficient (Wildman–Crippen LogP) is 3.98. The number of para-hydroxylation sites is 2. The molecule has 4 heteroatoms. The van der Waals surface area contributed by atoms with Gasteiger partial charge in [0.15, 0.2) is 0 Å². The molecule has 2 aromatic heterocycles. The Morgan fingerprint density at radius 3 is 2.57 bits per heavy atom. The van der Waals surface area contributed by atoms with Gasteiger partial charge in [0.25, 0.3) is 0 Å². The van der Waals surface area contributed by atoms with E-state index in [4.69, 9.17) is 0 Å². The van der Waals surface area contributed by atoms with Crippen molar-refractivity contribution in [2.75, 3.05) is 0 Å². The Morgan fingerprint density at radius 2 is 1.71 bits per heavy atom. The number of aromatic amines is 2. The zero-order chi connectivity index (χ0) is 13.8. The summed E-state index contributed by atoms with van der Waals surface area (Å²) >= 11 is 0. The van der Waals surface area contributed by atoms with Gasteiger partial charge in [-0.1, -0.05) is 12.1 Å². The Labute approximate surface area is 121 Å². The first-order chi connectivity index (χ1) is 10.4. The van der Waals surface area contributed by atoms with E-state index in [2.05, 4.69) is 38.1 Å². The summed E-state index contributed by atoms with van der Waals surface area (Å²) < 4.78 is 0. The second-order valence-corrected chi connectivity index (χ2v) is 5.73. The lowest BCUT2D eigenvalue weighted by Crippen LogP contribution is -1.80. The van der Waals surface area contributed by atoms with E-state index < -0.39 is 0 Å². The fourth-order valence-electron chi connectivity index (χ4n) is 2.82. The first kappa shape index (κ1) is 11.1. The van der Waals surface area contributed by atoms with E-state index in [1.807, 2.05) is 24.3 Å². The Balaban J connectivity index is 1.65. The highest BCUT2D eigenvalue weighted by molar-refractivity contribution is 5.84. The van der Waals surface area contributed by atoms with Crippen molar-refractivity contribution in [2.45, 2.75) is 18.8 Å². The summed E-state index contributed by atoms with van der Waals surface area (Å²) in [6.45, 7) is 0. The molecule has 1 aliphatic carbocycles. The van der Waals surface area contributed by atoms with Crippen LogP contribution in [0, 0.1) is 0 Å². The van der Waals surface area contributed by atoms with Gasteiger partial charge >= 0.3 is 0 Å². The van der Waals surface area contributed by atoms with Crippen LogP contribution in [0.4, 0.5) is 0 Å². The molecular formula is C17H14N4. The SMILES string of the molecule is c1ccc2[nH]c(-c3ccc4nc(C5CC5)[nH]c4c3)nc2c1. The van der Waals surface area contributed by atoms with Crippen molar-refractivity contribution < 1.29 is 0 Å². The fraction of sp³-hybridized carbons (Fsp3) is 0.176. The van der Waals surface area contributed by atoms with Crippen LogP contribution in [0.1, 0.15) is 24.6 Å². The van der Waals surface area contributed by atoms with Crippen LogP contribution in [0.15, 0.2) is 42.5 Å². The standard InChI is InChI=1S/C17H14N4/c1-2-4-13-12(3-1)18-17(19-13)11-7-8-14-15(9-11)21-16(20-14)10-5-6-10/h1-4,7-10H,5-6H2,(H,18,19)(H,20,21). The number of benzene rings is 2. The van der Waals surface area contributed by atoms with Crippen molar-refractivity contribution in [3.63, 3.8) is 0 Å². The number of hydrogen-bond acceptors (Lipinski definition) is 2. The first-order valence-electron chi connectivity index (χ1n) is 7.31. The molecule has 5 rings (SSSR count). The molecular weight excluding hydrogens is 260 g/mol. The van der Waals surface area contributed by atoms with Gasteiger partial charge in [-0.25, -0.2) is 9.97 Å². The Morgan fingerprint density at radius 1 is 0.857 bits per heavy atom. The first-order valence-corrected chi connectivity index (χ1v) is 7.31. The third-order valence-corrected chi connectivity index (χ3v) is 4.13. The average Bonchev–Trinajstić information content (AvgIpc) is 3.13. The molecule has 4 nitrogen and oxygen atoms in total. The van der Waals surface area contributed by atoms with Crippen LogP contribution in [0.2, 0.25) is 0 Å². The number of hydrogen-bond donors (Lipinski definition) is 2. The highest BCUT2D eigenvalue weighted by atomic mass is 14.9. The molecule has 1 fully saturated rings. The van der Waals surface area contributed by atoms with Gasteiger partial charge in [0.1, 0.15) is 11.6 Å². The van der Waals surface area contributed by atoms with Gasteiger partial charge in [-0.3, -0.25) is 0 Å². The molecule has 102 valence electrons. The molecule has 0 unspecified atom stereocenters. The lowest BCUT2D eigenvalue weighted by molar-refractivity contribution is 0.986. The van der Waals surface area contributed by atoms with Gasteiger partial charge in [-0.2, -0.15) is 0 Å². The van der Waals surface area contributed by atoms with Crippen molar-refractivity contribution >= 4 is 22.1 Å². The zero-order valence-electron chi connectivity index (χ0n) is 11.4. The number of H-pyrrole nitrogens is 2. The lowest BCUT2D eigenvalue weighted by Gasteiger charge is -1.96. The fourth-order valence-corrected chi connectivity index (χ4v) is 2.82. The molecule has 1 saturated carbocycles. The third kappa shape index (κ3) is 1.76. The van der Waals surface area contributed by atoms with Gasteiger partial charge in [0.2, 0.25) is 0 Å². The molecule has 0 bridgehead atoms. The van der Waals surface area contributed by atoms with E-state index in [0.29, 0.717) is 5.92 Å². The van der Waals surface area contributed by atoms with Crippen LogP contribution < -0.4 is 0 Å². The van der Waals surface area contributed by atoms with E-state index in [9.17, 15) is 0 Å². The molecule has 2 aromatic carbocycles. The van der Waals surface area contributed by atoms with Gasteiger partial charge in [0, 0.05) is 11.5 Å². The monoisotopic (exact) mass is 274 g/mol. The summed E-state index contributed by atoms with van der Waals surface area (Å²) in [6.07, 6.45) is 2.52. The largest absolute Gasteiger partial charge is 0.342 e. The van der Waals surface area contributed by atoms with Crippen molar-refractivity contribution in [1.29, 1.82) is 0 Å². The summed E-state index contributed by atoms with van der Waals surface area (Å²) in [6, 6.07) is 14.4. The predicted molar refractivity (Wildman–Crippen MR) is 83.2 cm³/mol. The molecule has 1 aliphatic rings. The van der Waals surface area contributed by atoms with Crippen LogP contribution >= 0.6 is 0 Å².